The number of ketones is 1. The predicted octanol–water partition coefficient (Wildman–Crippen LogP) is 6.90. The number of nitrogens with one attached hydrogen (secondary N) is 2. The van der Waals surface area contributed by atoms with Gasteiger partial charge in [0.1, 0.15) is 17.6 Å². The summed E-state index contributed by atoms with van der Waals surface area (Å²) >= 11 is 0. The zero-order valence-electron chi connectivity index (χ0n) is 46.3. The Morgan fingerprint density at radius 3 is 1.66 bits per heavy atom. The topological polar surface area (TPSA) is 267 Å². The molecule has 0 unspecified atom stereocenters. The summed E-state index contributed by atoms with van der Waals surface area (Å²) in [6.45, 7) is 9.07. The lowest BCUT2D eigenvalue weighted by Gasteiger charge is -2.16. The van der Waals surface area contributed by atoms with Crippen molar-refractivity contribution in [2.24, 2.45) is 0 Å². The van der Waals surface area contributed by atoms with Gasteiger partial charge in [-0.3, -0.25) is 9.59 Å². The number of Topliss-reactive ketones (excluding diaryl/α,β-unsaturated/α-hetero) is 1. The van der Waals surface area contributed by atoms with Gasteiger partial charge < -0.3 is 58.2 Å². The number of carbonyl (C=O) groups is 3. The molecule has 452 valence electrons. The van der Waals surface area contributed by atoms with E-state index in [9.17, 15) is 54.6 Å². The molecule has 1 amide bonds. The van der Waals surface area contributed by atoms with Crippen LogP contribution in [0.15, 0.2) is 99.8 Å². The Bertz CT molecular complexity index is 2900. The van der Waals surface area contributed by atoms with Gasteiger partial charge in [0.25, 0.3) is 5.91 Å². The van der Waals surface area contributed by atoms with Crippen molar-refractivity contribution in [3.63, 3.8) is 0 Å². The molecule has 25 heteroatoms. The van der Waals surface area contributed by atoms with E-state index in [0.29, 0.717) is 16.7 Å². The van der Waals surface area contributed by atoms with Gasteiger partial charge in [-0.15, -0.1) is 0 Å². The van der Waals surface area contributed by atoms with Crippen molar-refractivity contribution >= 4 is 49.7 Å². The number of halogens is 3. The van der Waals surface area contributed by atoms with E-state index in [4.69, 9.17) is 42.6 Å². The van der Waals surface area contributed by atoms with Gasteiger partial charge in [0, 0.05) is 38.3 Å². The Labute approximate surface area is 476 Å². The molecule has 0 aliphatic heterocycles. The quantitative estimate of drug-likeness (QED) is 0.0200. The molecule has 4 aromatic carbocycles. The number of benzene rings is 4. The molecule has 0 aliphatic rings. The van der Waals surface area contributed by atoms with Gasteiger partial charge in [-0.25, -0.2) is 39.5 Å². The monoisotopic (exact) mass is 1190 g/mol. The second-order valence-electron chi connectivity index (χ2n) is 18.0. The minimum absolute atomic E-state index is 0.0218. The molecule has 0 spiro atoms. The molecule has 0 heterocycles. The molecule has 4 rings (SSSR count). The van der Waals surface area contributed by atoms with Crippen LogP contribution < -0.4 is 19.5 Å². The van der Waals surface area contributed by atoms with E-state index in [2.05, 4.69) is 10.0 Å². The average molecular weight is 1200 g/mol. The number of ether oxygens (including phenoxy) is 9. The Balaban J connectivity index is 0.931. The highest BCUT2D eigenvalue weighted by molar-refractivity contribution is 7.91. The van der Waals surface area contributed by atoms with Crippen LogP contribution in [-0.2, 0) is 67.4 Å². The number of hydrogen-bond acceptors (Lipinski definition) is 18. The van der Waals surface area contributed by atoms with E-state index in [0.717, 1.165) is 24.1 Å². The lowest BCUT2D eigenvalue weighted by molar-refractivity contribution is -0.145. The minimum atomic E-state index is -3.93. The number of aliphatic hydroxyl groups excluding tert-OH is 2. The number of esters is 1. The number of allylic oxidation sites excluding steroid dienone is 1. The number of sulfone groups is 1. The number of rotatable bonds is 41. The molecular formula is C57H73F3N2O18S2. The van der Waals surface area contributed by atoms with Crippen molar-refractivity contribution in [2.45, 2.75) is 75.4 Å². The summed E-state index contributed by atoms with van der Waals surface area (Å²) in [6, 6.07) is 17.1. The Morgan fingerprint density at radius 1 is 0.585 bits per heavy atom. The van der Waals surface area contributed by atoms with Crippen LogP contribution in [0.25, 0.3) is 12.2 Å². The lowest BCUT2D eigenvalue weighted by atomic mass is 10.1. The normalized spacial score (nSPS) is 12.9. The second kappa shape index (κ2) is 36.5. The molecule has 0 aliphatic carbocycles. The van der Waals surface area contributed by atoms with Crippen molar-refractivity contribution in [3.05, 3.63) is 119 Å². The van der Waals surface area contributed by atoms with Gasteiger partial charge in [0.2, 0.25) is 10.0 Å². The maximum absolute atomic E-state index is 14.7. The van der Waals surface area contributed by atoms with Crippen LogP contribution in [0.1, 0.15) is 64.5 Å². The zero-order chi connectivity index (χ0) is 59.9. The Hall–Kier alpha value is -6.10. The summed E-state index contributed by atoms with van der Waals surface area (Å²) in [6.07, 6.45) is 0.243. The van der Waals surface area contributed by atoms with Gasteiger partial charge in [-0.05, 0) is 130 Å². The highest BCUT2D eigenvalue weighted by Crippen LogP contribution is 2.31. The Morgan fingerprint density at radius 2 is 1.10 bits per heavy atom. The molecule has 4 aromatic rings. The van der Waals surface area contributed by atoms with Crippen LogP contribution in [0.2, 0.25) is 0 Å². The van der Waals surface area contributed by atoms with Gasteiger partial charge in [-0.1, -0.05) is 24.6 Å². The number of amides is 1. The standard InChI is InChI=1S/C57H73F3N2O18S2/c1-5-40(3)35-43-38-49(59)55(50(60)39-43)80-45-13-17-47(18-14-45)82(70,71)62-21-25-75-29-33-77-32-28-74-24-20-61-56(66)54(65)53(64)51(63)9-7-22-72-26-30-76-31-27-73-23-8-34-81(68,69)46-15-11-44(12-16-46)79-52-19-10-42(37-48(52)58)36-41(4)57(67)78-6-2/h10-19,35-39,53-54,62,64-65H,5-9,20-34H2,1-4H3,(H,61,66)/b40-35+,41-36+/t53-,54+/m0/s1. The fourth-order valence-electron chi connectivity index (χ4n) is 7.09. The third kappa shape index (κ3) is 24.8. The van der Waals surface area contributed by atoms with E-state index >= 15 is 0 Å². The van der Waals surface area contributed by atoms with Crippen LogP contribution >= 0.6 is 0 Å². The van der Waals surface area contributed by atoms with Gasteiger partial charge in [0.05, 0.1) is 88.2 Å². The summed E-state index contributed by atoms with van der Waals surface area (Å²) in [7, 11) is -7.56. The van der Waals surface area contributed by atoms with E-state index < -0.39 is 72.9 Å². The number of sulfonamides is 1. The summed E-state index contributed by atoms with van der Waals surface area (Å²) in [5.74, 6) is -5.27. The summed E-state index contributed by atoms with van der Waals surface area (Å²) < 4.78 is 146. The first-order chi connectivity index (χ1) is 39.2. The first kappa shape index (κ1) is 68.4. The molecule has 0 fully saturated rings. The van der Waals surface area contributed by atoms with Crippen molar-refractivity contribution < 1.29 is 97.2 Å². The zero-order valence-corrected chi connectivity index (χ0v) is 48.0. The van der Waals surface area contributed by atoms with Crippen LogP contribution in [0.5, 0.6) is 23.0 Å². The van der Waals surface area contributed by atoms with Crippen molar-refractivity contribution in [1.82, 2.24) is 10.0 Å². The molecule has 0 saturated carbocycles. The van der Waals surface area contributed by atoms with Crippen LogP contribution in [-0.4, -0.2) is 162 Å². The van der Waals surface area contributed by atoms with Crippen LogP contribution in [0, 0.1) is 17.5 Å². The fraction of sp³-hybridized carbons (Fsp3) is 0.456. The van der Waals surface area contributed by atoms with E-state index in [1.54, 1.807) is 26.0 Å². The van der Waals surface area contributed by atoms with Crippen molar-refractivity contribution in [1.29, 1.82) is 0 Å². The number of hydrogen-bond donors (Lipinski definition) is 4. The largest absolute Gasteiger partial charge is 0.463 e. The first-order valence-corrected chi connectivity index (χ1v) is 29.6. The van der Waals surface area contributed by atoms with Crippen LogP contribution in [0.4, 0.5) is 13.2 Å². The molecular weight excluding hydrogens is 1120 g/mol. The molecule has 0 radical (unpaired) electrons. The molecule has 0 aromatic heterocycles. The average Bonchev–Trinajstić information content (AvgIpc) is 3.66. The maximum atomic E-state index is 14.7. The third-order valence-electron chi connectivity index (χ3n) is 11.6. The van der Waals surface area contributed by atoms with Crippen molar-refractivity contribution in [2.75, 3.05) is 105 Å². The third-order valence-corrected chi connectivity index (χ3v) is 14.9. The van der Waals surface area contributed by atoms with E-state index in [-0.39, 0.29) is 151 Å². The SMILES string of the molecule is CCOC(=O)/C(C)=C/c1ccc(Oc2ccc(S(=O)(=O)CCCOCCOCCOCCCC(=O)[C@H](O)[C@@H](O)C(=O)NCCOCCOCCOCCNS(=O)(=O)c3ccc(Oc4c(F)cc(/C=C(\C)CC)cc4F)cc3)cc2)c(F)c1. The molecule has 82 heavy (non-hydrogen) atoms. The summed E-state index contributed by atoms with van der Waals surface area (Å²) in [5, 5.41) is 22.7. The van der Waals surface area contributed by atoms with Gasteiger partial charge in [-0.2, -0.15) is 0 Å². The Kier molecular flexibility index (Phi) is 30.4. The van der Waals surface area contributed by atoms with Gasteiger partial charge in [0.15, 0.2) is 50.7 Å². The highest BCUT2D eigenvalue weighted by atomic mass is 32.2. The number of aliphatic hydroxyl groups is 2. The number of carbonyl (C=O) groups excluding carboxylic acids is 3. The second-order valence-corrected chi connectivity index (χ2v) is 21.9. The summed E-state index contributed by atoms with van der Waals surface area (Å²) in [5.41, 5.74) is 2.05. The maximum Gasteiger partial charge on any atom is 0.333 e. The minimum Gasteiger partial charge on any atom is -0.463 e. The fourth-order valence-corrected chi connectivity index (χ4v) is 9.39. The molecule has 0 bridgehead atoms. The molecule has 4 N–H and O–H groups in total. The first-order valence-electron chi connectivity index (χ1n) is 26.5. The lowest BCUT2D eigenvalue weighted by Crippen LogP contribution is -2.46. The van der Waals surface area contributed by atoms with Crippen molar-refractivity contribution in [3.8, 4) is 23.0 Å². The van der Waals surface area contributed by atoms with Gasteiger partial charge >= 0.3 is 5.97 Å². The van der Waals surface area contributed by atoms with E-state index in [1.807, 2.05) is 13.8 Å². The smallest absolute Gasteiger partial charge is 0.333 e. The van der Waals surface area contributed by atoms with E-state index in [1.165, 1.54) is 66.7 Å². The van der Waals surface area contributed by atoms with Crippen LogP contribution in [0.3, 0.4) is 0 Å². The predicted molar refractivity (Wildman–Crippen MR) is 296 cm³/mol. The summed E-state index contributed by atoms with van der Waals surface area (Å²) in [4.78, 5) is 36.4. The highest BCUT2D eigenvalue weighted by Gasteiger charge is 2.29. The molecule has 2 atom stereocenters. The molecule has 0 saturated heterocycles. The molecule has 20 nitrogen and oxygen atoms in total.